The van der Waals surface area contributed by atoms with E-state index in [1.807, 2.05) is 54.6 Å². The van der Waals surface area contributed by atoms with Gasteiger partial charge >= 0.3 is 0 Å². The molecule has 4 heterocycles. The molecule has 9 aromatic carbocycles. The van der Waals surface area contributed by atoms with E-state index in [1.54, 1.807) is 41.7 Å². The summed E-state index contributed by atoms with van der Waals surface area (Å²) >= 11 is 1.66. The van der Waals surface area contributed by atoms with Gasteiger partial charge in [-0.1, -0.05) is 157 Å². The van der Waals surface area contributed by atoms with Gasteiger partial charge in [-0.05, 0) is 65.2 Å². The van der Waals surface area contributed by atoms with Crippen LogP contribution in [0.15, 0.2) is 210 Å². The van der Waals surface area contributed by atoms with Gasteiger partial charge in [0.15, 0.2) is 17.5 Å². The van der Waals surface area contributed by atoms with Crippen molar-refractivity contribution in [3.8, 4) is 62.1 Å². The van der Waals surface area contributed by atoms with Gasteiger partial charge in [0.1, 0.15) is 11.2 Å². The van der Waals surface area contributed by atoms with Crippen molar-refractivity contribution < 1.29 is 22.2 Å². The average Bonchev–Trinajstić information content (AvgIpc) is 4.27. The van der Waals surface area contributed by atoms with E-state index in [0.29, 0.717) is 5.56 Å². The van der Waals surface area contributed by atoms with Crippen LogP contribution in [0.4, 0.5) is 0 Å². The third-order valence-electron chi connectivity index (χ3n) is 11.4. The van der Waals surface area contributed by atoms with Gasteiger partial charge in [-0.15, -0.1) is 11.3 Å². The Bertz CT molecular complexity index is 4620. The maximum atomic E-state index is 9.17. The van der Waals surface area contributed by atoms with Gasteiger partial charge in [0.25, 0.3) is 0 Å². The van der Waals surface area contributed by atoms with E-state index >= 15 is 0 Å². The van der Waals surface area contributed by atoms with Gasteiger partial charge in [0.2, 0.25) is 0 Å². The number of aromatic nitrogens is 4. The molecule has 0 saturated carbocycles. The van der Waals surface area contributed by atoms with Crippen LogP contribution >= 0.6 is 11.3 Å². The van der Waals surface area contributed by atoms with Crippen molar-refractivity contribution in [3.05, 3.63) is 206 Å². The molecule has 0 aliphatic rings. The molecule has 13 rings (SSSR count). The molecule has 0 saturated heterocycles. The lowest BCUT2D eigenvalue weighted by atomic mass is 9.98. The molecular formula is C57H34N4OS. The van der Waals surface area contributed by atoms with Gasteiger partial charge in [-0.25, -0.2) is 15.0 Å². The molecule has 6 heteroatoms. The van der Waals surface area contributed by atoms with Crippen molar-refractivity contribution in [1.29, 1.82) is 0 Å². The molecule has 63 heavy (non-hydrogen) atoms. The Hall–Kier alpha value is -8.19. The number of furan rings is 1. The predicted octanol–water partition coefficient (Wildman–Crippen LogP) is 15.6. The highest BCUT2D eigenvalue weighted by molar-refractivity contribution is 7.26. The van der Waals surface area contributed by atoms with Crippen molar-refractivity contribution >= 4 is 75.3 Å². The summed E-state index contributed by atoms with van der Waals surface area (Å²) in [6.45, 7) is 0. The van der Waals surface area contributed by atoms with E-state index in [9.17, 15) is 0 Å². The molecule has 0 radical (unpaired) electrons. The van der Waals surface area contributed by atoms with Crippen LogP contribution in [0.5, 0.6) is 0 Å². The molecule has 4 aromatic heterocycles. The molecule has 294 valence electrons. The van der Waals surface area contributed by atoms with E-state index in [1.165, 1.54) is 4.57 Å². The summed E-state index contributed by atoms with van der Waals surface area (Å²) in [4.78, 5) is 14.6. The molecule has 0 aliphatic heterocycles. The standard InChI is InChI=1S/C57H34N4OS/c1-2-15-35(16-3-1)55-58-56(60-57(59-55)46-22-6-10-29-50(46)61-48-27-8-4-19-41(48)42-20-5-9-28-49(42)61)38-18-12-17-36(33-38)40-24-14-26-45-47-34-37(31-32-52(47)63-54(40)45)39-23-13-25-44-43-21-7-11-30-51(43)62-53(39)44/h1-34H/i1D,2D,3D,4D,5D,8D,9D,15D,16D,19D,20D,27D,28D. The van der Waals surface area contributed by atoms with E-state index in [-0.39, 0.29) is 56.1 Å². The molecule has 0 aliphatic carbocycles. The van der Waals surface area contributed by atoms with Crippen LogP contribution in [-0.4, -0.2) is 19.5 Å². The Labute approximate surface area is 384 Å². The zero-order valence-corrected chi connectivity index (χ0v) is 33.5. The fourth-order valence-corrected chi connectivity index (χ4v) is 9.83. The van der Waals surface area contributed by atoms with Gasteiger partial charge in [0.05, 0.1) is 34.5 Å². The van der Waals surface area contributed by atoms with Crippen molar-refractivity contribution in [3.63, 3.8) is 0 Å². The fraction of sp³-hybridized carbons (Fsp3) is 0. The Morgan fingerprint density at radius 2 is 1.05 bits per heavy atom. The summed E-state index contributed by atoms with van der Waals surface area (Å²) in [5.74, 6) is -0.281. The molecule has 0 N–H and O–H groups in total. The number of hydrogen-bond donors (Lipinski definition) is 0. The number of rotatable bonds is 6. The average molecular weight is 836 g/mol. The van der Waals surface area contributed by atoms with Crippen LogP contribution in [0.25, 0.3) is 126 Å². The smallest absolute Gasteiger partial charge is 0.166 e. The number of para-hydroxylation sites is 5. The first-order valence-electron chi connectivity index (χ1n) is 26.5. The van der Waals surface area contributed by atoms with Gasteiger partial charge < -0.3 is 8.98 Å². The van der Waals surface area contributed by atoms with Gasteiger partial charge in [-0.2, -0.15) is 0 Å². The van der Waals surface area contributed by atoms with E-state index < -0.39 is 78.6 Å². The molecule has 5 nitrogen and oxygen atoms in total. The lowest BCUT2D eigenvalue weighted by molar-refractivity contribution is 0.670. The van der Waals surface area contributed by atoms with Crippen molar-refractivity contribution in [1.82, 2.24) is 19.5 Å². The lowest BCUT2D eigenvalue weighted by Crippen LogP contribution is -2.03. The van der Waals surface area contributed by atoms with E-state index in [2.05, 4.69) is 42.5 Å². The first kappa shape index (κ1) is 24.9. The molecule has 0 amide bonds. The number of thiophene rings is 1. The quantitative estimate of drug-likeness (QED) is 0.167. The van der Waals surface area contributed by atoms with Crippen LogP contribution in [0.1, 0.15) is 17.8 Å². The summed E-state index contributed by atoms with van der Waals surface area (Å²) < 4.78 is 124. The first-order chi connectivity index (χ1) is 36.6. The Morgan fingerprint density at radius 3 is 1.89 bits per heavy atom. The predicted molar refractivity (Wildman–Crippen MR) is 262 cm³/mol. The highest BCUT2D eigenvalue weighted by atomic mass is 32.1. The minimum absolute atomic E-state index is 0.0578. The molecule has 0 spiro atoms. The van der Waals surface area contributed by atoms with Crippen molar-refractivity contribution in [2.24, 2.45) is 0 Å². The number of fused-ring (bicyclic) bond motifs is 9. The normalized spacial score (nSPS) is 14.7. The minimum Gasteiger partial charge on any atom is -0.455 e. The molecule has 0 unspecified atom stereocenters. The monoisotopic (exact) mass is 835 g/mol. The third kappa shape index (κ3) is 5.73. The zero-order valence-electron chi connectivity index (χ0n) is 45.7. The summed E-state index contributed by atoms with van der Waals surface area (Å²) in [6.07, 6.45) is 0. The summed E-state index contributed by atoms with van der Waals surface area (Å²) in [5.41, 5.74) is 5.66. The van der Waals surface area contributed by atoms with Crippen LogP contribution in [0.3, 0.4) is 0 Å². The molecule has 0 bridgehead atoms. The fourth-order valence-electron chi connectivity index (χ4n) is 8.61. The zero-order chi connectivity index (χ0) is 52.7. The van der Waals surface area contributed by atoms with Crippen LogP contribution in [0.2, 0.25) is 0 Å². The van der Waals surface area contributed by atoms with Crippen LogP contribution in [-0.2, 0) is 0 Å². The van der Waals surface area contributed by atoms with E-state index in [4.69, 9.17) is 37.2 Å². The highest BCUT2D eigenvalue weighted by Gasteiger charge is 2.20. The number of nitrogens with zero attached hydrogens (tertiary/aromatic N) is 4. The molecule has 13 aromatic rings. The molecular weight excluding hydrogens is 789 g/mol. The van der Waals surface area contributed by atoms with Crippen molar-refractivity contribution in [2.75, 3.05) is 0 Å². The largest absolute Gasteiger partial charge is 0.455 e. The maximum Gasteiger partial charge on any atom is 0.166 e. The van der Waals surface area contributed by atoms with E-state index in [0.717, 1.165) is 64.4 Å². The topological polar surface area (TPSA) is 56.7 Å². The summed E-state index contributed by atoms with van der Waals surface area (Å²) in [6, 6.07) is 33.5. The molecule has 0 fully saturated rings. The summed E-state index contributed by atoms with van der Waals surface area (Å²) in [7, 11) is 0. The Morgan fingerprint density at radius 1 is 0.429 bits per heavy atom. The Balaban J connectivity index is 1.01. The summed E-state index contributed by atoms with van der Waals surface area (Å²) in [5, 5.41) is 3.97. The Kier molecular flexibility index (Phi) is 5.62. The first-order valence-corrected chi connectivity index (χ1v) is 20.8. The van der Waals surface area contributed by atoms with Gasteiger partial charge in [-0.3, -0.25) is 0 Å². The second-order valence-electron chi connectivity index (χ2n) is 15.0. The number of benzene rings is 9. The second kappa shape index (κ2) is 14.2. The van der Waals surface area contributed by atoms with Crippen LogP contribution < -0.4 is 0 Å². The second-order valence-corrected chi connectivity index (χ2v) is 16.0. The van der Waals surface area contributed by atoms with Crippen molar-refractivity contribution in [2.45, 2.75) is 0 Å². The third-order valence-corrected chi connectivity index (χ3v) is 12.6. The minimum atomic E-state index is -0.609. The number of hydrogen-bond acceptors (Lipinski definition) is 5. The van der Waals surface area contributed by atoms with Gasteiger partial charge in [0, 0.05) is 64.0 Å². The lowest BCUT2D eigenvalue weighted by Gasteiger charge is -2.14. The molecule has 0 atom stereocenters. The maximum absolute atomic E-state index is 9.17. The highest BCUT2D eigenvalue weighted by Crippen LogP contribution is 2.44. The van der Waals surface area contributed by atoms with Crippen LogP contribution in [0, 0.1) is 0 Å². The SMILES string of the molecule is [2H]c1c([2H])c([2H])c(-c2nc(-c3cccc(-c4cccc5c4sc4ccc(-c6cccc7c6oc6ccccc67)cc45)c3)nc(-c3ccccc3-n3c4c([2H])c([2H])c([2H])c([2H])c4c4c([2H])c([2H])c([2H])c([2H])c43)n2)c([2H])c1[2H].